The highest BCUT2D eigenvalue weighted by Gasteiger charge is 2.30. The van der Waals surface area contributed by atoms with Gasteiger partial charge >= 0.3 is 0 Å². The fraction of sp³-hybridized carbons (Fsp3) is 0.333. The van der Waals surface area contributed by atoms with Crippen LogP contribution in [0.3, 0.4) is 0 Å². The summed E-state index contributed by atoms with van der Waals surface area (Å²) < 4.78 is 4.75. The Morgan fingerprint density at radius 3 is 2.87 bits per heavy atom. The van der Waals surface area contributed by atoms with Gasteiger partial charge in [0.2, 0.25) is 0 Å². The number of carbonyl (C=O) groups is 1. The van der Waals surface area contributed by atoms with Gasteiger partial charge in [0.15, 0.2) is 5.78 Å². The predicted octanol–water partition coefficient (Wildman–Crippen LogP) is 2.61. The Hall–Kier alpha value is -1.64. The summed E-state index contributed by atoms with van der Waals surface area (Å²) in [5, 5.41) is 3.79. The van der Waals surface area contributed by atoms with Crippen molar-refractivity contribution >= 4 is 11.4 Å². The number of Topliss-reactive ketones (excluding diaryl/α,β-unsaturated/α-hetero) is 1. The van der Waals surface area contributed by atoms with Gasteiger partial charge in [0, 0.05) is 11.6 Å². The van der Waals surface area contributed by atoms with E-state index in [1.54, 1.807) is 6.07 Å². The summed E-state index contributed by atoms with van der Waals surface area (Å²) in [5.41, 5.74) is 1.79. The average molecular weight is 203 g/mol. The highest BCUT2D eigenvalue weighted by Crippen LogP contribution is 2.37. The molecule has 0 spiro atoms. The molecule has 0 bridgehead atoms. The first-order chi connectivity index (χ1) is 6.99. The van der Waals surface area contributed by atoms with E-state index in [9.17, 15) is 4.79 Å². The summed E-state index contributed by atoms with van der Waals surface area (Å²) in [6.07, 6.45) is 4.11. The molecule has 0 amide bonds. The van der Waals surface area contributed by atoms with Gasteiger partial charge < -0.3 is 4.52 Å². The van der Waals surface area contributed by atoms with Crippen LogP contribution in [0, 0.1) is 5.41 Å². The summed E-state index contributed by atoms with van der Waals surface area (Å²) in [6, 6.07) is 1.69. The number of hydrogen-bond acceptors (Lipinski definition) is 3. The molecule has 15 heavy (non-hydrogen) atoms. The normalized spacial score (nSPS) is 20.3. The van der Waals surface area contributed by atoms with Crippen molar-refractivity contribution in [1.82, 2.24) is 5.16 Å². The first-order valence-corrected chi connectivity index (χ1v) is 4.86. The van der Waals surface area contributed by atoms with Gasteiger partial charge in [-0.2, -0.15) is 0 Å². The second-order valence-electron chi connectivity index (χ2n) is 4.54. The molecule has 3 nitrogen and oxygen atoms in total. The summed E-state index contributed by atoms with van der Waals surface area (Å²) in [4.78, 5) is 11.9. The lowest BCUT2D eigenvalue weighted by Gasteiger charge is -2.27. The molecule has 0 fully saturated rings. The smallest absolute Gasteiger partial charge is 0.190 e. The molecule has 1 aliphatic carbocycles. The van der Waals surface area contributed by atoms with E-state index < -0.39 is 0 Å². The monoisotopic (exact) mass is 203 g/mol. The second kappa shape index (κ2) is 3.19. The zero-order valence-corrected chi connectivity index (χ0v) is 8.91. The van der Waals surface area contributed by atoms with E-state index in [1.165, 1.54) is 6.26 Å². The summed E-state index contributed by atoms with van der Waals surface area (Å²) >= 11 is 0. The van der Waals surface area contributed by atoms with Crippen molar-refractivity contribution in [1.29, 1.82) is 0 Å². The van der Waals surface area contributed by atoms with Gasteiger partial charge in [-0.15, -0.1) is 0 Å². The van der Waals surface area contributed by atoms with Crippen molar-refractivity contribution in [3.8, 4) is 0 Å². The molecule has 2 rings (SSSR count). The number of allylic oxidation sites excluding steroid dienone is 3. The molecule has 1 aromatic heterocycles. The molecule has 0 saturated heterocycles. The highest BCUT2D eigenvalue weighted by molar-refractivity contribution is 6.28. The van der Waals surface area contributed by atoms with Crippen molar-refractivity contribution in [3.05, 3.63) is 36.3 Å². The predicted molar refractivity (Wildman–Crippen MR) is 57.0 cm³/mol. The third-order valence-electron chi connectivity index (χ3n) is 2.48. The van der Waals surface area contributed by atoms with E-state index in [0.29, 0.717) is 23.3 Å². The van der Waals surface area contributed by atoms with Gasteiger partial charge in [0.05, 0.1) is 0 Å². The number of hydrogen-bond donors (Lipinski definition) is 0. The molecule has 1 aromatic rings. The standard InChI is InChI=1S/C12H13NO2/c1-8-6-12(2,3)7-9(11(8)14)10-4-5-15-13-10/h4-5,7H,1,6H2,2-3H3. The lowest BCUT2D eigenvalue weighted by atomic mass is 9.76. The number of ketones is 1. The van der Waals surface area contributed by atoms with Gasteiger partial charge in [-0.25, -0.2) is 0 Å². The van der Waals surface area contributed by atoms with Crippen LogP contribution in [-0.4, -0.2) is 10.9 Å². The first kappa shape index (κ1) is 9.90. The van der Waals surface area contributed by atoms with Gasteiger partial charge in [-0.1, -0.05) is 31.7 Å². The molecule has 0 atom stereocenters. The zero-order chi connectivity index (χ0) is 11.1. The van der Waals surface area contributed by atoms with Gasteiger partial charge in [-0.05, 0) is 17.4 Å². The van der Waals surface area contributed by atoms with Crippen LogP contribution in [-0.2, 0) is 4.79 Å². The molecule has 0 aliphatic heterocycles. The minimum absolute atomic E-state index is 0.0248. The largest absolute Gasteiger partial charge is 0.364 e. The molecule has 0 saturated carbocycles. The summed E-state index contributed by atoms with van der Waals surface area (Å²) in [7, 11) is 0. The molecule has 0 unspecified atom stereocenters. The summed E-state index contributed by atoms with van der Waals surface area (Å²) in [6.45, 7) is 7.95. The van der Waals surface area contributed by atoms with Crippen molar-refractivity contribution in [3.63, 3.8) is 0 Å². The van der Waals surface area contributed by atoms with E-state index in [2.05, 4.69) is 25.6 Å². The minimum Gasteiger partial charge on any atom is -0.364 e. The van der Waals surface area contributed by atoms with Crippen LogP contribution in [0.4, 0.5) is 0 Å². The Morgan fingerprint density at radius 2 is 2.27 bits per heavy atom. The lowest BCUT2D eigenvalue weighted by molar-refractivity contribution is -0.111. The maximum Gasteiger partial charge on any atom is 0.190 e. The van der Waals surface area contributed by atoms with Crippen LogP contribution in [0.2, 0.25) is 0 Å². The third-order valence-corrected chi connectivity index (χ3v) is 2.48. The van der Waals surface area contributed by atoms with Crippen molar-refractivity contribution in [2.45, 2.75) is 20.3 Å². The number of aromatic nitrogens is 1. The van der Waals surface area contributed by atoms with Crippen LogP contribution in [0.25, 0.3) is 5.57 Å². The van der Waals surface area contributed by atoms with Crippen LogP contribution in [0.1, 0.15) is 26.0 Å². The van der Waals surface area contributed by atoms with Crippen molar-refractivity contribution in [2.24, 2.45) is 5.41 Å². The van der Waals surface area contributed by atoms with Crippen molar-refractivity contribution < 1.29 is 9.32 Å². The van der Waals surface area contributed by atoms with E-state index in [0.717, 1.165) is 0 Å². The molecular formula is C12H13NO2. The van der Waals surface area contributed by atoms with Gasteiger partial charge in [0.25, 0.3) is 0 Å². The van der Waals surface area contributed by atoms with E-state index >= 15 is 0 Å². The molecule has 0 N–H and O–H groups in total. The molecule has 1 aliphatic rings. The zero-order valence-electron chi connectivity index (χ0n) is 8.91. The van der Waals surface area contributed by atoms with E-state index in [-0.39, 0.29) is 11.2 Å². The fourth-order valence-electron chi connectivity index (χ4n) is 1.87. The number of nitrogens with zero attached hydrogens (tertiary/aromatic N) is 1. The quantitative estimate of drug-likeness (QED) is 0.659. The topological polar surface area (TPSA) is 43.1 Å². The lowest BCUT2D eigenvalue weighted by Crippen LogP contribution is -2.21. The van der Waals surface area contributed by atoms with Gasteiger partial charge in [0.1, 0.15) is 12.0 Å². The Morgan fingerprint density at radius 1 is 1.53 bits per heavy atom. The second-order valence-corrected chi connectivity index (χ2v) is 4.54. The third kappa shape index (κ3) is 1.77. The molecule has 3 heteroatoms. The van der Waals surface area contributed by atoms with E-state index in [4.69, 9.17) is 4.52 Å². The van der Waals surface area contributed by atoms with Crippen LogP contribution in [0.5, 0.6) is 0 Å². The highest BCUT2D eigenvalue weighted by atomic mass is 16.5. The minimum atomic E-state index is -0.0424. The number of carbonyl (C=O) groups excluding carboxylic acids is 1. The Kier molecular flexibility index (Phi) is 2.11. The summed E-state index contributed by atoms with van der Waals surface area (Å²) in [5.74, 6) is -0.0248. The molecule has 0 aromatic carbocycles. The molecular weight excluding hydrogens is 190 g/mol. The molecule has 0 radical (unpaired) electrons. The maximum atomic E-state index is 11.9. The van der Waals surface area contributed by atoms with Gasteiger partial charge in [-0.3, -0.25) is 4.79 Å². The Labute approximate surface area is 88.5 Å². The van der Waals surface area contributed by atoms with Crippen LogP contribution < -0.4 is 0 Å². The van der Waals surface area contributed by atoms with Crippen molar-refractivity contribution in [2.75, 3.05) is 0 Å². The Balaban J connectivity index is 2.50. The average Bonchev–Trinajstić information content (AvgIpc) is 2.63. The maximum absolute atomic E-state index is 11.9. The SMILES string of the molecule is C=C1CC(C)(C)C=C(c2ccon2)C1=O. The fourth-order valence-corrected chi connectivity index (χ4v) is 1.87. The number of rotatable bonds is 1. The Bertz CT molecular complexity index is 438. The van der Waals surface area contributed by atoms with Crippen LogP contribution in [0.15, 0.2) is 35.1 Å². The molecule has 1 heterocycles. The van der Waals surface area contributed by atoms with E-state index in [1.807, 2.05) is 6.08 Å². The first-order valence-electron chi connectivity index (χ1n) is 4.86. The molecule has 78 valence electrons. The van der Waals surface area contributed by atoms with Crippen LogP contribution >= 0.6 is 0 Å².